The number of carbonyl (C=O) groups excluding carboxylic acids is 2. The van der Waals surface area contributed by atoms with Crippen LogP contribution in [0.15, 0.2) is 28.8 Å². The maximum Gasteiger partial charge on any atom is 0.217 e. The smallest absolute Gasteiger partial charge is 0.217 e. The van der Waals surface area contributed by atoms with Gasteiger partial charge in [-0.15, -0.1) is 0 Å². The summed E-state index contributed by atoms with van der Waals surface area (Å²) < 4.78 is 0. The summed E-state index contributed by atoms with van der Waals surface area (Å²) in [5, 5.41) is 0. The summed E-state index contributed by atoms with van der Waals surface area (Å²) in [7, 11) is 0. The molecule has 5 heteroatoms. The Bertz CT molecular complexity index is 333. The molecule has 0 aliphatic rings. The fourth-order valence-corrected chi connectivity index (χ4v) is 0.972. The minimum Gasteiger partial charge on any atom is -0.370 e. The average Bonchev–Trinajstić information content (AvgIpc) is 2.21. The third-order valence-corrected chi connectivity index (χ3v) is 1.75. The second-order valence-electron chi connectivity index (χ2n) is 3.15. The number of carbonyl (C=O) groups is 2. The maximum absolute atomic E-state index is 10.8. The first-order valence-corrected chi connectivity index (χ1v) is 5.24. The number of nitrogens with two attached hydrogens (primary N) is 1. The number of aliphatic imine (C=N–C) groups is 1. The molecular weight excluding hydrogens is 228 g/mol. The van der Waals surface area contributed by atoms with Gasteiger partial charge in [0, 0.05) is 17.7 Å². The van der Waals surface area contributed by atoms with Crippen LogP contribution in [0.2, 0.25) is 0 Å². The van der Waals surface area contributed by atoms with Gasteiger partial charge in [-0.25, -0.2) is 0 Å². The lowest BCUT2D eigenvalue weighted by atomic mass is 10.2. The monoisotopic (exact) mass is 242 g/mol. The summed E-state index contributed by atoms with van der Waals surface area (Å²) in [5.41, 5.74) is 7.04. The molecule has 0 radical (unpaired) electrons. The van der Waals surface area contributed by atoms with Crippen LogP contribution in [0.3, 0.4) is 0 Å². The van der Waals surface area contributed by atoms with Crippen molar-refractivity contribution in [2.24, 2.45) is 10.7 Å². The van der Waals surface area contributed by atoms with Crippen LogP contribution in [-0.2, 0) is 9.59 Å². The minimum atomic E-state index is -0.392. The van der Waals surface area contributed by atoms with Crippen molar-refractivity contribution in [3.8, 4) is 0 Å². The standard InChI is InChI=1S/C11H15ClN2O2/c1-9(15)8-14-10(4-2-3-7-12)5-6-11(13)16/h2-4,7H,5-6,8H2,1H3,(H2,13,16)/b4-2-,7-3-,14-10-. The highest BCUT2D eigenvalue weighted by Gasteiger charge is 1.99. The molecule has 2 N–H and O–H groups in total. The molecule has 0 bridgehead atoms. The molecule has 4 nitrogen and oxygen atoms in total. The van der Waals surface area contributed by atoms with E-state index in [1.807, 2.05) is 0 Å². The van der Waals surface area contributed by atoms with Gasteiger partial charge in [-0.2, -0.15) is 0 Å². The molecule has 16 heavy (non-hydrogen) atoms. The van der Waals surface area contributed by atoms with Crippen LogP contribution in [0.5, 0.6) is 0 Å². The molecule has 0 saturated heterocycles. The van der Waals surface area contributed by atoms with E-state index in [9.17, 15) is 9.59 Å². The normalized spacial score (nSPS) is 12.5. The zero-order chi connectivity index (χ0) is 12.4. The van der Waals surface area contributed by atoms with E-state index in [0.717, 1.165) is 0 Å². The van der Waals surface area contributed by atoms with Crippen molar-refractivity contribution in [2.75, 3.05) is 6.54 Å². The number of ketones is 1. The molecule has 0 aromatic heterocycles. The van der Waals surface area contributed by atoms with Gasteiger partial charge < -0.3 is 5.73 Å². The summed E-state index contributed by atoms with van der Waals surface area (Å²) in [5.74, 6) is -0.422. The molecule has 0 atom stereocenters. The number of rotatable bonds is 7. The van der Waals surface area contributed by atoms with Gasteiger partial charge in [-0.3, -0.25) is 14.6 Å². The van der Waals surface area contributed by atoms with E-state index >= 15 is 0 Å². The average molecular weight is 243 g/mol. The number of primary amides is 1. The van der Waals surface area contributed by atoms with Gasteiger partial charge in [0.15, 0.2) is 5.78 Å². The third-order valence-electron chi connectivity index (χ3n) is 1.60. The van der Waals surface area contributed by atoms with Crippen molar-refractivity contribution < 1.29 is 9.59 Å². The first-order valence-electron chi connectivity index (χ1n) is 4.80. The zero-order valence-electron chi connectivity index (χ0n) is 9.15. The molecule has 0 aromatic carbocycles. The molecule has 0 rings (SSSR count). The van der Waals surface area contributed by atoms with Crippen molar-refractivity contribution >= 4 is 29.0 Å². The van der Waals surface area contributed by atoms with Gasteiger partial charge in [0.2, 0.25) is 5.91 Å². The van der Waals surface area contributed by atoms with E-state index in [2.05, 4.69) is 4.99 Å². The minimum absolute atomic E-state index is 0.0298. The molecule has 0 aliphatic heterocycles. The first-order chi connectivity index (χ1) is 7.56. The Morgan fingerprint density at radius 2 is 2.00 bits per heavy atom. The predicted octanol–water partition coefficient (Wildman–Crippen LogP) is 1.59. The lowest BCUT2D eigenvalue weighted by molar-refractivity contribution is -0.118. The van der Waals surface area contributed by atoms with Crippen molar-refractivity contribution in [3.05, 3.63) is 23.8 Å². The van der Waals surface area contributed by atoms with Gasteiger partial charge in [0.1, 0.15) is 0 Å². The zero-order valence-corrected chi connectivity index (χ0v) is 9.91. The highest BCUT2D eigenvalue weighted by atomic mass is 35.5. The Labute approximate surface area is 99.9 Å². The van der Waals surface area contributed by atoms with Crippen LogP contribution in [0.1, 0.15) is 19.8 Å². The van der Waals surface area contributed by atoms with E-state index in [4.69, 9.17) is 17.3 Å². The van der Waals surface area contributed by atoms with Gasteiger partial charge in [0.05, 0.1) is 6.54 Å². The second kappa shape index (κ2) is 8.85. The number of Topliss-reactive ketones (excluding diaryl/α,β-unsaturated/α-hetero) is 1. The number of hydrogen-bond acceptors (Lipinski definition) is 3. The number of nitrogens with zero attached hydrogens (tertiary/aromatic N) is 1. The number of hydrogen-bond donors (Lipinski definition) is 1. The fourth-order valence-electron chi connectivity index (χ4n) is 0.888. The summed E-state index contributed by atoms with van der Waals surface area (Å²) in [6, 6.07) is 0. The molecular formula is C11H15ClN2O2. The van der Waals surface area contributed by atoms with Crippen molar-refractivity contribution in [1.82, 2.24) is 0 Å². The van der Waals surface area contributed by atoms with Gasteiger partial charge in [0.25, 0.3) is 0 Å². The molecule has 0 spiro atoms. The first kappa shape index (κ1) is 14.6. The lowest BCUT2D eigenvalue weighted by Crippen LogP contribution is -2.12. The number of halogens is 1. The van der Waals surface area contributed by atoms with Gasteiger partial charge in [-0.05, 0) is 19.4 Å². The van der Waals surface area contributed by atoms with Crippen molar-refractivity contribution in [3.63, 3.8) is 0 Å². The molecule has 0 heterocycles. The van der Waals surface area contributed by atoms with Crippen LogP contribution in [0.4, 0.5) is 0 Å². The number of amides is 1. The lowest BCUT2D eigenvalue weighted by Gasteiger charge is -1.98. The fraction of sp³-hybridized carbons (Fsp3) is 0.364. The molecule has 0 aliphatic carbocycles. The molecule has 0 unspecified atom stereocenters. The van der Waals surface area contributed by atoms with Crippen molar-refractivity contribution in [2.45, 2.75) is 19.8 Å². The quantitative estimate of drug-likeness (QED) is 0.544. The summed E-state index contributed by atoms with van der Waals surface area (Å²) in [6.45, 7) is 1.57. The Hall–Kier alpha value is -1.42. The topological polar surface area (TPSA) is 72.5 Å². The second-order valence-corrected chi connectivity index (χ2v) is 3.41. The van der Waals surface area contributed by atoms with E-state index in [-0.39, 0.29) is 18.7 Å². The summed E-state index contributed by atoms with van der Waals surface area (Å²) in [4.78, 5) is 25.4. The Morgan fingerprint density at radius 3 is 2.50 bits per heavy atom. The molecule has 1 amide bonds. The highest BCUT2D eigenvalue weighted by molar-refractivity contribution is 6.25. The highest BCUT2D eigenvalue weighted by Crippen LogP contribution is 1.96. The molecule has 0 aromatic rings. The Balaban J connectivity index is 4.42. The van der Waals surface area contributed by atoms with Crippen LogP contribution < -0.4 is 5.73 Å². The molecule has 88 valence electrons. The van der Waals surface area contributed by atoms with E-state index in [0.29, 0.717) is 12.1 Å². The van der Waals surface area contributed by atoms with E-state index in [1.165, 1.54) is 12.5 Å². The van der Waals surface area contributed by atoms with Gasteiger partial charge >= 0.3 is 0 Å². The van der Waals surface area contributed by atoms with Crippen LogP contribution in [-0.4, -0.2) is 23.9 Å². The maximum atomic E-state index is 10.8. The Morgan fingerprint density at radius 1 is 1.31 bits per heavy atom. The van der Waals surface area contributed by atoms with E-state index in [1.54, 1.807) is 18.2 Å². The largest absolute Gasteiger partial charge is 0.370 e. The van der Waals surface area contributed by atoms with Crippen LogP contribution in [0, 0.1) is 0 Å². The third kappa shape index (κ3) is 9.15. The van der Waals surface area contributed by atoms with E-state index < -0.39 is 5.91 Å². The number of allylic oxidation sites excluding steroid dienone is 3. The Kier molecular flexibility index (Phi) is 8.07. The molecule has 0 fully saturated rings. The summed E-state index contributed by atoms with van der Waals surface area (Å²) >= 11 is 5.34. The van der Waals surface area contributed by atoms with Crippen LogP contribution >= 0.6 is 11.6 Å². The predicted molar refractivity (Wildman–Crippen MR) is 65.5 cm³/mol. The van der Waals surface area contributed by atoms with Gasteiger partial charge in [-0.1, -0.05) is 23.8 Å². The van der Waals surface area contributed by atoms with Crippen molar-refractivity contribution in [1.29, 1.82) is 0 Å². The summed E-state index contributed by atoms with van der Waals surface area (Å²) in [6.07, 6.45) is 5.65. The molecule has 0 saturated carbocycles. The SMILES string of the molecule is CC(=O)C/N=C(/C=C\C=C/Cl)CCC(N)=O. The van der Waals surface area contributed by atoms with Crippen LogP contribution in [0.25, 0.3) is 0 Å².